The molecule has 210 valence electrons. The summed E-state index contributed by atoms with van der Waals surface area (Å²) >= 11 is 5.82. The first-order chi connectivity index (χ1) is 19.8. The molecule has 4 aromatic rings. The van der Waals surface area contributed by atoms with Crippen molar-refractivity contribution in [2.75, 3.05) is 31.0 Å². The Balaban J connectivity index is 1.58. The predicted octanol–water partition coefficient (Wildman–Crippen LogP) is 5.12. The molecule has 5 rings (SSSR count). The van der Waals surface area contributed by atoms with Crippen molar-refractivity contribution in [3.8, 4) is 17.1 Å². The number of furan rings is 1. The normalized spacial score (nSPS) is 16.4. The van der Waals surface area contributed by atoms with E-state index in [9.17, 15) is 14.7 Å². The number of ether oxygens (including phenoxy) is 2. The number of anilines is 2. The fraction of sp³-hybridized carbons (Fsp3) is 0.200. The zero-order valence-electron chi connectivity index (χ0n) is 22.6. The summed E-state index contributed by atoms with van der Waals surface area (Å²) in [6.45, 7) is 1.74. The topological polar surface area (TPSA) is 126 Å². The van der Waals surface area contributed by atoms with E-state index in [1.54, 1.807) is 36.5 Å². The van der Waals surface area contributed by atoms with Crippen molar-refractivity contribution in [1.29, 1.82) is 0 Å². The number of carboxylic acids is 1. The molecule has 11 heteroatoms. The van der Waals surface area contributed by atoms with Crippen molar-refractivity contribution >= 4 is 40.6 Å². The van der Waals surface area contributed by atoms with Gasteiger partial charge in [0.1, 0.15) is 29.9 Å². The molecule has 0 bridgehead atoms. The van der Waals surface area contributed by atoms with Crippen LogP contribution in [-0.2, 0) is 9.53 Å². The highest BCUT2D eigenvalue weighted by atomic mass is 32.1. The third-order valence-electron chi connectivity index (χ3n) is 6.77. The van der Waals surface area contributed by atoms with Gasteiger partial charge in [-0.2, -0.15) is 0 Å². The van der Waals surface area contributed by atoms with Crippen LogP contribution >= 0.6 is 12.2 Å². The number of carbonyl (C=O) groups is 2. The lowest BCUT2D eigenvalue weighted by atomic mass is 10.0. The van der Waals surface area contributed by atoms with E-state index in [1.165, 1.54) is 14.2 Å². The fourth-order valence-corrected chi connectivity index (χ4v) is 5.26. The molecule has 10 nitrogen and oxygen atoms in total. The van der Waals surface area contributed by atoms with Gasteiger partial charge in [-0.3, -0.25) is 9.78 Å². The van der Waals surface area contributed by atoms with Gasteiger partial charge in [0, 0.05) is 24.6 Å². The molecule has 0 radical (unpaired) electrons. The molecule has 0 aliphatic carbocycles. The van der Waals surface area contributed by atoms with Gasteiger partial charge in [0.05, 0.1) is 30.1 Å². The Labute approximate surface area is 241 Å². The van der Waals surface area contributed by atoms with Crippen LogP contribution in [0.3, 0.4) is 0 Å². The number of methoxy groups -OCH3 is 2. The van der Waals surface area contributed by atoms with E-state index >= 15 is 0 Å². The van der Waals surface area contributed by atoms with Crippen LogP contribution in [0.1, 0.15) is 39.5 Å². The fourth-order valence-electron chi connectivity index (χ4n) is 4.91. The van der Waals surface area contributed by atoms with Crippen molar-refractivity contribution in [3.63, 3.8) is 0 Å². The molecular weight excluding hydrogens is 544 g/mol. The largest absolute Gasteiger partial charge is 0.495 e. The van der Waals surface area contributed by atoms with Crippen LogP contribution < -0.4 is 20.3 Å². The standard InChI is InChI=1S/C30H28N4O6S/c1-17-14-18(29(36)37)7-9-20(17)23-11-12-25(40-23)28-27(21-6-4-5-13-31-21)33-30(41)34(28)19-8-10-24(39-3)22(15-19)32-26(35)16-38-2/h4-15,27-28H,16H2,1-3H3,(H,32,35)(H,33,41)(H,36,37)/t27-,28+/m1/s1. The highest BCUT2D eigenvalue weighted by molar-refractivity contribution is 7.80. The van der Waals surface area contributed by atoms with Gasteiger partial charge >= 0.3 is 5.97 Å². The van der Waals surface area contributed by atoms with Crippen LogP contribution in [-0.4, -0.2) is 47.9 Å². The number of benzene rings is 2. The second-order valence-electron chi connectivity index (χ2n) is 9.40. The Morgan fingerprint density at radius 1 is 1.12 bits per heavy atom. The number of aromatic carboxylic acids is 1. The van der Waals surface area contributed by atoms with Gasteiger partial charge in [-0.15, -0.1) is 0 Å². The molecule has 1 amide bonds. The van der Waals surface area contributed by atoms with E-state index in [2.05, 4.69) is 15.6 Å². The van der Waals surface area contributed by atoms with Gasteiger partial charge in [0.25, 0.3) is 0 Å². The van der Waals surface area contributed by atoms with Crippen LogP contribution in [0.2, 0.25) is 0 Å². The number of carboxylic acid groups (broad SMARTS) is 1. The lowest BCUT2D eigenvalue weighted by Crippen LogP contribution is -2.29. The number of pyridine rings is 1. The molecule has 1 fully saturated rings. The molecule has 41 heavy (non-hydrogen) atoms. The minimum Gasteiger partial charge on any atom is -0.495 e. The molecule has 2 atom stereocenters. The van der Waals surface area contributed by atoms with Gasteiger partial charge in [0.2, 0.25) is 5.91 Å². The summed E-state index contributed by atoms with van der Waals surface area (Å²) in [7, 11) is 2.97. The minimum atomic E-state index is -0.989. The van der Waals surface area contributed by atoms with Crippen LogP contribution in [0.15, 0.2) is 77.3 Å². The van der Waals surface area contributed by atoms with Gasteiger partial charge in [-0.25, -0.2) is 4.79 Å². The molecular formula is C30H28N4O6S. The Kier molecular flexibility index (Phi) is 7.99. The highest BCUT2D eigenvalue weighted by Crippen LogP contribution is 2.44. The van der Waals surface area contributed by atoms with Crippen molar-refractivity contribution in [2.24, 2.45) is 0 Å². The first kappa shape index (κ1) is 27.8. The highest BCUT2D eigenvalue weighted by Gasteiger charge is 2.43. The smallest absolute Gasteiger partial charge is 0.335 e. The van der Waals surface area contributed by atoms with Crippen molar-refractivity contribution in [1.82, 2.24) is 10.3 Å². The quantitative estimate of drug-likeness (QED) is 0.233. The zero-order chi connectivity index (χ0) is 29.1. The summed E-state index contributed by atoms with van der Waals surface area (Å²) in [6.07, 6.45) is 1.72. The summed E-state index contributed by atoms with van der Waals surface area (Å²) in [4.78, 5) is 30.2. The number of hydrogen-bond acceptors (Lipinski definition) is 7. The van der Waals surface area contributed by atoms with Crippen LogP contribution in [0.25, 0.3) is 11.3 Å². The molecule has 3 heterocycles. The van der Waals surface area contributed by atoms with E-state index < -0.39 is 12.0 Å². The molecule has 0 saturated carbocycles. The van der Waals surface area contributed by atoms with Crippen molar-refractivity contribution in [3.05, 3.63) is 95.5 Å². The second kappa shape index (κ2) is 11.8. The maximum Gasteiger partial charge on any atom is 0.335 e. The molecule has 3 N–H and O–H groups in total. The van der Waals surface area contributed by atoms with E-state index in [1.807, 2.05) is 48.2 Å². The second-order valence-corrected chi connectivity index (χ2v) is 9.79. The Morgan fingerprint density at radius 3 is 2.63 bits per heavy atom. The molecule has 0 spiro atoms. The average Bonchev–Trinajstić information content (AvgIpc) is 3.58. The van der Waals surface area contributed by atoms with Crippen LogP contribution in [0, 0.1) is 6.92 Å². The van der Waals surface area contributed by atoms with E-state index in [0.29, 0.717) is 33.8 Å². The molecule has 1 saturated heterocycles. The first-order valence-corrected chi connectivity index (χ1v) is 13.1. The Bertz CT molecular complexity index is 1610. The Hall–Kier alpha value is -4.74. The van der Waals surface area contributed by atoms with E-state index in [4.69, 9.17) is 26.1 Å². The lowest BCUT2D eigenvalue weighted by molar-refractivity contribution is -0.119. The van der Waals surface area contributed by atoms with Gasteiger partial charge in [-0.05, 0) is 79.3 Å². The number of aryl methyl sites for hydroxylation is 1. The van der Waals surface area contributed by atoms with Crippen LogP contribution in [0.5, 0.6) is 5.75 Å². The van der Waals surface area contributed by atoms with E-state index in [0.717, 1.165) is 16.8 Å². The maximum atomic E-state index is 12.3. The summed E-state index contributed by atoms with van der Waals surface area (Å²) in [5.74, 6) is 0.374. The van der Waals surface area contributed by atoms with Gasteiger partial charge < -0.3 is 34.5 Å². The summed E-state index contributed by atoms with van der Waals surface area (Å²) in [6, 6.07) is 18.9. The lowest BCUT2D eigenvalue weighted by Gasteiger charge is -2.27. The summed E-state index contributed by atoms with van der Waals surface area (Å²) in [5, 5.41) is 16.0. The molecule has 2 aromatic heterocycles. The number of aromatic nitrogens is 1. The van der Waals surface area contributed by atoms with Crippen LogP contribution in [0.4, 0.5) is 11.4 Å². The van der Waals surface area contributed by atoms with Crippen molar-refractivity contribution in [2.45, 2.75) is 19.0 Å². The molecule has 1 aliphatic heterocycles. The first-order valence-electron chi connectivity index (χ1n) is 12.7. The Morgan fingerprint density at radius 2 is 1.95 bits per heavy atom. The number of carbonyl (C=O) groups excluding carboxylic acids is 1. The number of rotatable bonds is 9. The summed E-state index contributed by atoms with van der Waals surface area (Å²) in [5.41, 5.74) is 3.68. The number of amides is 1. The van der Waals surface area contributed by atoms with Crippen molar-refractivity contribution < 1.29 is 28.6 Å². The molecule has 2 aromatic carbocycles. The molecule has 0 unspecified atom stereocenters. The number of hydrogen-bond donors (Lipinski definition) is 3. The number of nitrogens with one attached hydrogen (secondary N) is 2. The number of nitrogens with zero attached hydrogens (tertiary/aromatic N) is 2. The SMILES string of the molecule is COCC(=O)Nc1cc(N2C(=S)N[C@H](c3ccccn3)[C@@H]2c2ccc(-c3ccc(C(=O)O)cc3C)o2)ccc1OC. The predicted molar refractivity (Wildman–Crippen MR) is 157 cm³/mol. The average molecular weight is 573 g/mol. The monoisotopic (exact) mass is 572 g/mol. The zero-order valence-corrected chi connectivity index (χ0v) is 23.4. The number of thiocarbonyl (C=S) groups is 1. The third kappa shape index (κ3) is 5.63. The van der Waals surface area contributed by atoms with Gasteiger partial charge in [-0.1, -0.05) is 12.1 Å². The summed E-state index contributed by atoms with van der Waals surface area (Å²) < 4.78 is 16.9. The third-order valence-corrected chi connectivity index (χ3v) is 7.08. The molecule has 1 aliphatic rings. The van der Waals surface area contributed by atoms with E-state index in [-0.39, 0.29) is 24.1 Å². The maximum absolute atomic E-state index is 12.3. The minimum absolute atomic E-state index is 0.108. The van der Waals surface area contributed by atoms with Gasteiger partial charge in [0.15, 0.2) is 5.11 Å².